The zero-order chi connectivity index (χ0) is 26.7. The van der Waals surface area contributed by atoms with Crippen LogP contribution in [0.15, 0.2) is 47.1 Å². The molecule has 2 aromatic heterocycles. The molecule has 0 bridgehead atoms. The topological polar surface area (TPSA) is 70.9 Å². The molecule has 3 aromatic rings. The van der Waals surface area contributed by atoms with Gasteiger partial charge in [0.1, 0.15) is 17.9 Å². The Hall–Kier alpha value is -3.10. The van der Waals surface area contributed by atoms with E-state index >= 15 is 0 Å². The second kappa shape index (κ2) is 11.5. The fraction of sp³-hybridized carbons (Fsp3) is 0.357. The van der Waals surface area contributed by atoms with Gasteiger partial charge in [0.2, 0.25) is 5.91 Å². The van der Waals surface area contributed by atoms with E-state index in [1.165, 1.54) is 12.1 Å². The molecule has 7 nitrogen and oxygen atoms in total. The van der Waals surface area contributed by atoms with Crippen molar-refractivity contribution in [1.82, 2.24) is 19.2 Å². The van der Waals surface area contributed by atoms with E-state index in [2.05, 4.69) is 21.5 Å². The normalized spacial score (nSPS) is 13.4. The second-order valence-corrected chi connectivity index (χ2v) is 10.9. The molecule has 0 radical (unpaired) electrons. The van der Waals surface area contributed by atoms with Gasteiger partial charge in [-0.05, 0) is 44.5 Å². The summed E-state index contributed by atoms with van der Waals surface area (Å²) in [6.45, 7) is 10.5. The predicted octanol–water partition coefficient (Wildman–Crippen LogP) is 6.48. The minimum Gasteiger partial charge on any atom is -0.487 e. The molecule has 1 amide bonds. The monoisotopic (exact) mass is 537 g/mol. The van der Waals surface area contributed by atoms with Gasteiger partial charge in [-0.2, -0.15) is 0 Å². The summed E-state index contributed by atoms with van der Waals surface area (Å²) in [4.78, 5) is 23.8. The minimum absolute atomic E-state index is 0.0433. The average molecular weight is 538 g/mol. The molecular weight excluding hydrogens is 506 g/mol. The summed E-state index contributed by atoms with van der Waals surface area (Å²) in [5.74, 6) is 0.658. The Kier molecular flexibility index (Phi) is 8.39. The van der Waals surface area contributed by atoms with E-state index in [1.807, 2.05) is 69.1 Å². The summed E-state index contributed by atoms with van der Waals surface area (Å²) in [5, 5.41) is 1.50. The highest BCUT2D eigenvalue weighted by atomic mass is 35.5. The van der Waals surface area contributed by atoms with Gasteiger partial charge in [0.05, 0.1) is 22.9 Å². The molecule has 0 unspecified atom stereocenters. The van der Waals surface area contributed by atoms with E-state index in [-0.39, 0.29) is 24.5 Å². The summed E-state index contributed by atoms with van der Waals surface area (Å²) < 4.78 is 12.6. The van der Waals surface area contributed by atoms with Crippen molar-refractivity contribution < 1.29 is 9.53 Å². The number of aromatic nitrogens is 2. The van der Waals surface area contributed by atoms with Crippen LogP contribution in [-0.2, 0) is 17.9 Å². The fourth-order valence-electron chi connectivity index (χ4n) is 4.27. The van der Waals surface area contributed by atoms with Crippen molar-refractivity contribution in [1.29, 1.82) is 0 Å². The van der Waals surface area contributed by atoms with Crippen molar-refractivity contribution >= 4 is 52.5 Å². The van der Waals surface area contributed by atoms with Gasteiger partial charge >= 0.3 is 0 Å². The molecule has 0 fully saturated rings. The molecule has 9 heteroatoms. The number of carbonyl (C=O) groups excluding carboxylic acids is 1. The third-order valence-electron chi connectivity index (χ3n) is 6.22. The lowest BCUT2D eigenvalue weighted by atomic mass is 10.0. The zero-order valence-electron chi connectivity index (χ0n) is 22.0. The maximum absolute atomic E-state index is 12.8. The van der Waals surface area contributed by atoms with Crippen LogP contribution >= 0.6 is 23.7 Å². The van der Waals surface area contributed by atoms with Gasteiger partial charge < -0.3 is 9.64 Å². The van der Waals surface area contributed by atoms with E-state index in [1.54, 1.807) is 18.6 Å². The maximum Gasteiger partial charge on any atom is 0.225 e. The number of amides is 1. The molecule has 0 aliphatic carbocycles. The van der Waals surface area contributed by atoms with E-state index in [9.17, 15) is 4.79 Å². The van der Waals surface area contributed by atoms with Crippen molar-refractivity contribution in [3.8, 4) is 5.75 Å². The van der Waals surface area contributed by atoms with Crippen molar-refractivity contribution in [2.45, 2.75) is 53.8 Å². The number of benzene rings is 1. The standard InChI is InChI=1S/C28H32ClN5O2S/c1-17(2)28(35)34(18(3)4)15-20-13-30-14-24(29)23(20)16-36-26-9-7-8-21-22(12-19(5)32-27(21)26)25-10-11-31-37-33(25)6/h7-14,17-18H,15-16H2,1-6H3. The molecular formula is C28H32ClN5O2S. The first-order chi connectivity index (χ1) is 17.7. The quantitative estimate of drug-likeness (QED) is 0.306. The molecule has 0 saturated carbocycles. The van der Waals surface area contributed by atoms with Crippen LogP contribution in [0.2, 0.25) is 5.02 Å². The van der Waals surface area contributed by atoms with Crippen molar-refractivity contribution in [2.75, 3.05) is 7.05 Å². The zero-order valence-corrected chi connectivity index (χ0v) is 23.6. The summed E-state index contributed by atoms with van der Waals surface area (Å²) in [7, 11) is 1.99. The number of ether oxygens (including phenoxy) is 1. The summed E-state index contributed by atoms with van der Waals surface area (Å²) in [5.41, 5.74) is 5.47. The lowest BCUT2D eigenvalue weighted by Crippen LogP contribution is -2.39. The second-order valence-electron chi connectivity index (χ2n) is 9.61. The molecule has 194 valence electrons. The smallest absolute Gasteiger partial charge is 0.225 e. The minimum atomic E-state index is -0.101. The van der Waals surface area contributed by atoms with Gasteiger partial charge in [0, 0.05) is 66.4 Å². The van der Waals surface area contributed by atoms with Crippen LogP contribution in [0, 0.1) is 12.8 Å². The number of carbonyl (C=O) groups is 1. The number of aryl methyl sites for hydroxylation is 1. The highest BCUT2D eigenvalue weighted by Gasteiger charge is 2.23. The number of hydrogen-bond acceptors (Lipinski definition) is 7. The van der Waals surface area contributed by atoms with Crippen LogP contribution in [0.3, 0.4) is 0 Å². The first-order valence-electron chi connectivity index (χ1n) is 12.3. The molecule has 4 rings (SSSR count). The van der Waals surface area contributed by atoms with Gasteiger partial charge in [0.25, 0.3) is 0 Å². The lowest BCUT2D eigenvalue weighted by molar-refractivity contribution is -0.136. The Balaban J connectivity index is 1.68. The first-order valence-corrected chi connectivity index (χ1v) is 13.4. The van der Waals surface area contributed by atoms with Crippen LogP contribution < -0.4 is 4.74 Å². The van der Waals surface area contributed by atoms with Gasteiger partial charge in [-0.1, -0.05) is 37.6 Å². The highest BCUT2D eigenvalue weighted by Crippen LogP contribution is 2.35. The molecule has 0 N–H and O–H groups in total. The largest absolute Gasteiger partial charge is 0.487 e. The van der Waals surface area contributed by atoms with E-state index < -0.39 is 0 Å². The number of fused-ring (bicyclic) bond motifs is 1. The third kappa shape index (κ3) is 5.91. The summed E-state index contributed by atoms with van der Waals surface area (Å²) in [6, 6.07) is 8.07. The number of pyridine rings is 2. The van der Waals surface area contributed by atoms with Crippen molar-refractivity contribution in [2.24, 2.45) is 10.3 Å². The van der Waals surface area contributed by atoms with Gasteiger partial charge in [-0.25, -0.2) is 9.38 Å². The van der Waals surface area contributed by atoms with Crippen LogP contribution in [0.25, 0.3) is 16.6 Å². The molecule has 0 spiro atoms. The number of rotatable bonds is 8. The number of halogens is 1. The Morgan fingerprint density at radius 1 is 1.22 bits per heavy atom. The van der Waals surface area contributed by atoms with Gasteiger partial charge in [-0.3, -0.25) is 14.1 Å². The summed E-state index contributed by atoms with van der Waals surface area (Å²) in [6.07, 6.45) is 7.18. The number of hydrogen-bond donors (Lipinski definition) is 0. The number of nitrogens with zero attached hydrogens (tertiary/aromatic N) is 5. The first kappa shape index (κ1) is 26.9. The lowest BCUT2D eigenvalue weighted by Gasteiger charge is -2.29. The Labute approximate surface area is 227 Å². The van der Waals surface area contributed by atoms with Crippen molar-refractivity contribution in [3.05, 3.63) is 70.1 Å². The molecule has 1 aliphatic heterocycles. The van der Waals surface area contributed by atoms with E-state index in [0.29, 0.717) is 17.3 Å². The van der Waals surface area contributed by atoms with Crippen molar-refractivity contribution in [3.63, 3.8) is 0 Å². The number of para-hydroxylation sites is 1. The maximum atomic E-state index is 12.8. The van der Waals surface area contributed by atoms with Crippen LogP contribution in [0.5, 0.6) is 5.75 Å². The Morgan fingerprint density at radius 2 is 2.00 bits per heavy atom. The fourth-order valence-corrected chi connectivity index (χ4v) is 5.00. The molecule has 0 atom stereocenters. The predicted molar refractivity (Wildman–Crippen MR) is 152 cm³/mol. The van der Waals surface area contributed by atoms with Gasteiger partial charge in [-0.15, -0.1) is 0 Å². The molecule has 0 saturated heterocycles. The molecule has 3 heterocycles. The highest BCUT2D eigenvalue weighted by molar-refractivity contribution is 7.96. The van der Waals surface area contributed by atoms with Crippen LogP contribution in [0.1, 0.15) is 50.1 Å². The summed E-state index contributed by atoms with van der Waals surface area (Å²) >= 11 is 7.99. The average Bonchev–Trinajstić information content (AvgIpc) is 2.86. The SMILES string of the molecule is Cc1cc(C2=CC=NSN2C)c2cccc(OCc3c(Cl)cncc3CN(C(=O)C(C)C)C(C)C)c2n1. The van der Waals surface area contributed by atoms with Gasteiger partial charge in [0.15, 0.2) is 0 Å². The molecule has 1 aliphatic rings. The molecule has 1 aromatic carbocycles. The molecule has 37 heavy (non-hydrogen) atoms. The van der Waals surface area contributed by atoms with Crippen LogP contribution in [-0.4, -0.2) is 44.4 Å². The van der Waals surface area contributed by atoms with Crippen LogP contribution in [0.4, 0.5) is 0 Å². The third-order valence-corrected chi connectivity index (χ3v) is 7.20. The Morgan fingerprint density at radius 3 is 2.70 bits per heavy atom. The Bertz CT molecular complexity index is 1370. The van der Waals surface area contributed by atoms with E-state index in [0.717, 1.165) is 39.0 Å². The van der Waals surface area contributed by atoms with E-state index in [4.69, 9.17) is 21.3 Å². The number of allylic oxidation sites excluding steroid dienone is 1.